The van der Waals surface area contributed by atoms with Crippen LogP contribution in [0.15, 0.2) is 54.1 Å². The van der Waals surface area contributed by atoms with Crippen molar-refractivity contribution in [1.82, 2.24) is 9.80 Å². The van der Waals surface area contributed by atoms with Crippen LogP contribution in [-0.4, -0.2) is 60.4 Å². The smallest absolute Gasteiger partial charge is 0.295 e. The SMILES string of the molecule is CCCOc1cccc(C(O)=C2C(=O)C(=O)N(CCN(C)C)C2c2ccc(I)cc2)c1. The van der Waals surface area contributed by atoms with Crippen LogP contribution in [0.25, 0.3) is 5.76 Å². The maximum absolute atomic E-state index is 13.0. The van der Waals surface area contributed by atoms with Crippen molar-refractivity contribution in [2.45, 2.75) is 19.4 Å². The van der Waals surface area contributed by atoms with Gasteiger partial charge in [-0.05, 0) is 72.9 Å². The number of hydrogen-bond donors (Lipinski definition) is 1. The standard InChI is InChI=1S/C24H27IN2O4/c1-4-14-31-19-7-5-6-17(15-19)22(28)20-21(16-8-10-18(25)11-9-16)27(13-12-26(2)3)24(30)23(20)29/h5-11,15,21,28H,4,12-14H2,1-3H3. The van der Waals surface area contributed by atoms with Crippen molar-refractivity contribution in [3.8, 4) is 5.75 Å². The summed E-state index contributed by atoms with van der Waals surface area (Å²) in [5, 5.41) is 11.2. The average molecular weight is 534 g/mol. The van der Waals surface area contributed by atoms with Crippen molar-refractivity contribution >= 4 is 40.0 Å². The van der Waals surface area contributed by atoms with Gasteiger partial charge in [0.1, 0.15) is 11.5 Å². The van der Waals surface area contributed by atoms with E-state index in [1.54, 1.807) is 29.2 Å². The Morgan fingerprint density at radius 3 is 2.52 bits per heavy atom. The third kappa shape index (κ3) is 5.27. The number of ketones is 1. The van der Waals surface area contributed by atoms with Crippen LogP contribution in [0.1, 0.15) is 30.5 Å². The first-order valence-corrected chi connectivity index (χ1v) is 11.3. The highest BCUT2D eigenvalue weighted by molar-refractivity contribution is 14.1. The number of carbonyl (C=O) groups excluding carboxylic acids is 2. The van der Waals surface area contributed by atoms with Crippen molar-refractivity contribution in [2.24, 2.45) is 0 Å². The molecule has 1 aliphatic heterocycles. The van der Waals surface area contributed by atoms with Gasteiger partial charge in [-0.1, -0.05) is 31.2 Å². The number of benzene rings is 2. The number of likely N-dealkylation sites (N-methyl/N-ethyl adjacent to an activating group) is 1. The highest BCUT2D eigenvalue weighted by atomic mass is 127. The Morgan fingerprint density at radius 1 is 1.16 bits per heavy atom. The van der Waals surface area contributed by atoms with E-state index in [4.69, 9.17) is 4.74 Å². The van der Waals surface area contributed by atoms with Gasteiger partial charge in [-0.15, -0.1) is 0 Å². The van der Waals surface area contributed by atoms with Crippen molar-refractivity contribution < 1.29 is 19.4 Å². The predicted molar refractivity (Wildman–Crippen MR) is 129 cm³/mol. The molecule has 1 unspecified atom stereocenters. The maximum atomic E-state index is 13.0. The zero-order valence-electron chi connectivity index (χ0n) is 18.0. The summed E-state index contributed by atoms with van der Waals surface area (Å²) in [6, 6.07) is 14.0. The molecular weight excluding hydrogens is 507 g/mol. The van der Waals surface area contributed by atoms with Crippen LogP contribution in [-0.2, 0) is 9.59 Å². The van der Waals surface area contributed by atoms with Crippen LogP contribution in [0.5, 0.6) is 5.75 Å². The first-order chi connectivity index (χ1) is 14.8. The van der Waals surface area contributed by atoms with Crippen LogP contribution < -0.4 is 4.74 Å². The van der Waals surface area contributed by atoms with Crippen molar-refractivity contribution in [2.75, 3.05) is 33.8 Å². The number of aliphatic hydroxyl groups is 1. The average Bonchev–Trinajstić information content (AvgIpc) is 3.01. The second-order valence-corrected chi connectivity index (χ2v) is 8.97. The summed E-state index contributed by atoms with van der Waals surface area (Å²) in [6.45, 7) is 3.56. The van der Waals surface area contributed by atoms with E-state index in [2.05, 4.69) is 22.6 Å². The molecular formula is C24H27IN2O4. The highest BCUT2D eigenvalue weighted by Gasteiger charge is 2.45. The lowest BCUT2D eigenvalue weighted by Gasteiger charge is -2.26. The number of likely N-dealkylation sites (tertiary alicyclic amines) is 1. The van der Waals surface area contributed by atoms with E-state index in [-0.39, 0.29) is 11.3 Å². The zero-order valence-corrected chi connectivity index (χ0v) is 20.1. The lowest BCUT2D eigenvalue weighted by Crippen LogP contribution is -2.35. The van der Waals surface area contributed by atoms with Crippen LogP contribution in [0.2, 0.25) is 0 Å². The summed E-state index contributed by atoms with van der Waals surface area (Å²) >= 11 is 2.21. The number of Topliss-reactive ketones (excluding diaryl/α,β-unsaturated/α-hetero) is 1. The van der Waals surface area contributed by atoms with Crippen LogP contribution >= 0.6 is 22.6 Å². The molecule has 2 aromatic carbocycles. The van der Waals surface area contributed by atoms with Gasteiger partial charge < -0.3 is 19.6 Å². The molecule has 0 aliphatic carbocycles. The van der Waals surface area contributed by atoms with E-state index in [0.717, 1.165) is 15.6 Å². The van der Waals surface area contributed by atoms with Gasteiger partial charge in [0.05, 0.1) is 18.2 Å². The minimum absolute atomic E-state index is 0.109. The normalized spacial score (nSPS) is 18.1. The number of ether oxygens (including phenoxy) is 1. The van der Waals surface area contributed by atoms with Crippen LogP contribution in [0.4, 0.5) is 0 Å². The largest absolute Gasteiger partial charge is 0.507 e. The van der Waals surface area contributed by atoms with Crippen molar-refractivity contribution in [3.63, 3.8) is 0 Å². The van der Waals surface area contributed by atoms with Gasteiger partial charge in [0.25, 0.3) is 11.7 Å². The van der Waals surface area contributed by atoms with E-state index in [1.807, 2.05) is 50.2 Å². The number of carbonyl (C=O) groups is 2. The van der Waals surface area contributed by atoms with Crippen molar-refractivity contribution in [1.29, 1.82) is 0 Å². The van der Waals surface area contributed by atoms with Gasteiger partial charge in [-0.25, -0.2) is 0 Å². The van der Waals surface area contributed by atoms with E-state index in [9.17, 15) is 14.7 Å². The second kappa shape index (κ2) is 10.3. The number of amides is 1. The summed E-state index contributed by atoms with van der Waals surface area (Å²) in [7, 11) is 3.83. The Labute approximate surface area is 196 Å². The Balaban J connectivity index is 2.09. The number of halogens is 1. The number of rotatable bonds is 8. The molecule has 0 radical (unpaired) electrons. The molecule has 1 aliphatic rings. The molecule has 3 rings (SSSR count). The molecule has 7 heteroatoms. The fourth-order valence-corrected chi connectivity index (χ4v) is 3.88. The lowest BCUT2D eigenvalue weighted by molar-refractivity contribution is -0.140. The van der Waals surface area contributed by atoms with E-state index >= 15 is 0 Å². The third-order valence-corrected chi connectivity index (χ3v) is 5.81. The molecule has 164 valence electrons. The molecule has 2 aromatic rings. The van der Waals surface area contributed by atoms with Gasteiger partial charge in [-0.2, -0.15) is 0 Å². The molecule has 1 heterocycles. The highest BCUT2D eigenvalue weighted by Crippen LogP contribution is 2.39. The number of aliphatic hydroxyl groups excluding tert-OH is 1. The monoisotopic (exact) mass is 534 g/mol. The molecule has 31 heavy (non-hydrogen) atoms. The maximum Gasteiger partial charge on any atom is 0.295 e. The number of hydrogen-bond acceptors (Lipinski definition) is 5. The van der Waals surface area contributed by atoms with E-state index in [0.29, 0.717) is 31.0 Å². The minimum atomic E-state index is -0.667. The number of nitrogens with zero attached hydrogens (tertiary/aromatic N) is 2. The molecule has 1 saturated heterocycles. The Kier molecular flexibility index (Phi) is 7.72. The molecule has 6 nitrogen and oxygen atoms in total. The quantitative estimate of drug-likeness (QED) is 0.240. The molecule has 0 aromatic heterocycles. The van der Waals surface area contributed by atoms with Crippen LogP contribution in [0.3, 0.4) is 0 Å². The fourth-order valence-electron chi connectivity index (χ4n) is 3.52. The molecule has 0 saturated carbocycles. The fraction of sp³-hybridized carbons (Fsp3) is 0.333. The second-order valence-electron chi connectivity index (χ2n) is 7.72. The molecule has 0 bridgehead atoms. The molecule has 0 spiro atoms. The first-order valence-electron chi connectivity index (χ1n) is 10.2. The van der Waals surface area contributed by atoms with Gasteiger partial charge >= 0.3 is 0 Å². The Hall–Kier alpha value is -2.39. The Bertz CT molecular complexity index is 985. The minimum Gasteiger partial charge on any atom is -0.507 e. The van der Waals surface area contributed by atoms with Gasteiger partial charge in [-0.3, -0.25) is 9.59 Å². The van der Waals surface area contributed by atoms with Gasteiger partial charge in [0.15, 0.2) is 0 Å². The molecule has 1 atom stereocenters. The molecule has 1 amide bonds. The molecule has 1 N–H and O–H groups in total. The lowest BCUT2D eigenvalue weighted by atomic mass is 9.95. The predicted octanol–water partition coefficient (Wildman–Crippen LogP) is 4.06. The van der Waals surface area contributed by atoms with Crippen molar-refractivity contribution in [3.05, 3.63) is 68.8 Å². The Morgan fingerprint density at radius 2 is 1.87 bits per heavy atom. The molecule has 1 fully saturated rings. The van der Waals surface area contributed by atoms with Gasteiger partial charge in [0, 0.05) is 22.2 Å². The topological polar surface area (TPSA) is 70.1 Å². The summed E-state index contributed by atoms with van der Waals surface area (Å²) in [6.07, 6.45) is 0.861. The summed E-state index contributed by atoms with van der Waals surface area (Å²) in [5.41, 5.74) is 1.35. The zero-order chi connectivity index (χ0) is 22.5. The summed E-state index contributed by atoms with van der Waals surface area (Å²) in [5.74, 6) is -0.834. The summed E-state index contributed by atoms with van der Waals surface area (Å²) < 4.78 is 6.71. The van der Waals surface area contributed by atoms with Crippen LogP contribution in [0, 0.1) is 3.57 Å². The first kappa shape index (κ1) is 23.3. The third-order valence-electron chi connectivity index (χ3n) is 5.09. The van der Waals surface area contributed by atoms with E-state index in [1.165, 1.54) is 0 Å². The summed E-state index contributed by atoms with van der Waals surface area (Å²) in [4.78, 5) is 29.4. The van der Waals surface area contributed by atoms with E-state index < -0.39 is 17.7 Å². The van der Waals surface area contributed by atoms with Gasteiger partial charge in [0.2, 0.25) is 0 Å².